The summed E-state index contributed by atoms with van der Waals surface area (Å²) in [4.78, 5) is 12.7. The lowest BCUT2D eigenvalue weighted by Crippen LogP contribution is -2.09. The van der Waals surface area contributed by atoms with Crippen molar-refractivity contribution in [3.63, 3.8) is 0 Å². The number of nitrogens with zero attached hydrogens (tertiary/aromatic N) is 2. The van der Waals surface area contributed by atoms with Gasteiger partial charge in [0.2, 0.25) is 5.75 Å². The summed E-state index contributed by atoms with van der Waals surface area (Å²) >= 11 is 6.49. The minimum atomic E-state index is -0.578. The van der Waals surface area contributed by atoms with Crippen LogP contribution >= 0.6 is 11.6 Å². The molecule has 1 aromatic heterocycles. The SMILES string of the molecule is COc1ccc(C(=O)OCc2c(C)nn(-c3ccccc3)c2Cl)c(OC)c1OC. The number of carbonyl (C=O) groups is 1. The fourth-order valence-electron chi connectivity index (χ4n) is 2.91. The van der Waals surface area contributed by atoms with Gasteiger partial charge in [-0.2, -0.15) is 5.10 Å². The number of aromatic nitrogens is 2. The maximum atomic E-state index is 12.7. The summed E-state index contributed by atoms with van der Waals surface area (Å²) in [5.41, 5.74) is 2.34. The molecule has 0 spiro atoms. The largest absolute Gasteiger partial charge is 0.493 e. The minimum absolute atomic E-state index is 0.0339. The van der Waals surface area contributed by atoms with Crippen molar-refractivity contribution in [2.45, 2.75) is 13.5 Å². The van der Waals surface area contributed by atoms with Crippen LogP contribution in [0.25, 0.3) is 5.69 Å². The van der Waals surface area contributed by atoms with Gasteiger partial charge in [0.1, 0.15) is 17.3 Å². The second-order valence-corrected chi connectivity index (χ2v) is 6.42. The Balaban J connectivity index is 1.84. The molecule has 0 fully saturated rings. The number of para-hydroxylation sites is 1. The molecule has 0 aliphatic carbocycles. The third kappa shape index (κ3) is 4.00. The first-order valence-electron chi connectivity index (χ1n) is 8.77. The standard InChI is InChI=1S/C21H21ClN2O5/c1-13-16(20(22)24(23-13)14-8-6-5-7-9-14)12-29-21(25)15-10-11-17(26-2)19(28-4)18(15)27-3/h5-11H,12H2,1-4H3. The summed E-state index contributed by atoms with van der Waals surface area (Å²) in [6, 6.07) is 12.7. The van der Waals surface area contributed by atoms with E-state index < -0.39 is 5.97 Å². The molecular weight excluding hydrogens is 396 g/mol. The number of aryl methyl sites for hydroxylation is 1. The summed E-state index contributed by atoms with van der Waals surface area (Å²) in [6.45, 7) is 1.78. The van der Waals surface area contributed by atoms with Crippen molar-refractivity contribution < 1.29 is 23.7 Å². The Kier molecular flexibility index (Phi) is 6.29. The first-order chi connectivity index (χ1) is 14.0. The van der Waals surface area contributed by atoms with Crippen LogP contribution in [0, 0.1) is 6.92 Å². The smallest absolute Gasteiger partial charge is 0.342 e. The second-order valence-electron chi connectivity index (χ2n) is 6.06. The van der Waals surface area contributed by atoms with E-state index in [-0.39, 0.29) is 17.9 Å². The van der Waals surface area contributed by atoms with Crippen molar-refractivity contribution in [1.82, 2.24) is 9.78 Å². The lowest BCUT2D eigenvalue weighted by Gasteiger charge is -2.15. The van der Waals surface area contributed by atoms with Crippen molar-refractivity contribution >= 4 is 17.6 Å². The number of methoxy groups -OCH3 is 3. The number of esters is 1. The maximum absolute atomic E-state index is 12.7. The van der Waals surface area contributed by atoms with E-state index in [9.17, 15) is 4.79 Å². The minimum Gasteiger partial charge on any atom is -0.493 e. The average Bonchev–Trinajstić information content (AvgIpc) is 3.04. The van der Waals surface area contributed by atoms with E-state index in [4.69, 9.17) is 30.5 Å². The Labute approximate surface area is 173 Å². The lowest BCUT2D eigenvalue weighted by atomic mass is 10.1. The van der Waals surface area contributed by atoms with Gasteiger partial charge in [-0.1, -0.05) is 29.8 Å². The number of ether oxygens (including phenoxy) is 4. The van der Waals surface area contributed by atoms with Crippen LogP contribution in [0.3, 0.4) is 0 Å². The van der Waals surface area contributed by atoms with Gasteiger partial charge >= 0.3 is 5.97 Å². The fourth-order valence-corrected chi connectivity index (χ4v) is 3.24. The van der Waals surface area contributed by atoms with Gasteiger partial charge in [-0.25, -0.2) is 9.48 Å². The zero-order chi connectivity index (χ0) is 21.0. The predicted molar refractivity (Wildman–Crippen MR) is 109 cm³/mol. The molecule has 0 aliphatic rings. The highest BCUT2D eigenvalue weighted by atomic mass is 35.5. The maximum Gasteiger partial charge on any atom is 0.342 e. The molecule has 2 aromatic carbocycles. The summed E-state index contributed by atoms with van der Waals surface area (Å²) in [7, 11) is 4.42. The monoisotopic (exact) mass is 416 g/mol. The van der Waals surface area contributed by atoms with Gasteiger partial charge in [0.15, 0.2) is 11.5 Å². The molecule has 0 aliphatic heterocycles. The molecule has 0 saturated carbocycles. The fraction of sp³-hybridized carbons (Fsp3) is 0.238. The van der Waals surface area contributed by atoms with Crippen molar-refractivity contribution in [3.8, 4) is 22.9 Å². The van der Waals surface area contributed by atoms with Gasteiger partial charge in [0.25, 0.3) is 0 Å². The van der Waals surface area contributed by atoms with Crippen LogP contribution in [0.4, 0.5) is 0 Å². The Morgan fingerprint density at radius 1 is 1.00 bits per heavy atom. The molecule has 29 heavy (non-hydrogen) atoms. The molecule has 8 heteroatoms. The Morgan fingerprint density at radius 2 is 1.69 bits per heavy atom. The van der Waals surface area contributed by atoms with Crippen LogP contribution in [0.15, 0.2) is 42.5 Å². The highest BCUT2D eigenvalue weighted by Gasteiger charge is 2.23. The van der Waals surface area contributed by atoms with Gasteiger partial charge < -0.3 is 18.9 Å². The van der Waals surface area contributed by atoms with Gasteiger partial charge in [0, 0.05) is 5.56 Å². The van der Waals surface area contributed by atoms with Gasteiger partial charge in [-0.05, 0) is 31.2 Å². The highest BCUT2D eigenvalue weighted by Crippen LogP contribution is 2.40. The van der Waals surface area contributed by atoms with Crippen LogP contribution in [0.5, 0.6) is 17.2 Å². The molecule has 0 amide bonds. The third-order valence-corrected chi connectivity index (χ3v) is 4.78. The third-order valence-electron chi connectivity index (χ3n) is 4.39. The molecule has 152 valence electrons. The highest BCUT2D eigenvalue weighted by molar-refractivity contribution is 6.30. The molecule has 0 N–H and O–H groups in total. The molecule has 7 nitrogen and oxygen atoms in total. The van der Waals surface area contributed by atoms with E-state index in [0.717, 1.165) is 5.69 Å². The Bertz CT molecular complexity index is 1020. The number of halogens is 1. The topological polar surface area (TPSA) is 71.8 Å². The van der Waals surface area contributed by atoms with E-state index >= 15 is 0 Å². The van der Waals surface area contributed by atoms with Crippen LogP contribution < -0.4 is 14.2 Å². The number of hydrogen-bond acceptors (Lipinski definition) is 6. The molecule has 0 bridgehead atoms. The molecule has 3 aromatic rings. The van der Waals surface area contributed by atoms with Crippen molar-refractivity contribution in [1.29, 1.82) is 0 Å². The summed E-state index contributed by atoms with van der Waals surface area (Å²) in [5.74, 6) is 0.421. The molecule has 0 saturated heterocycles. The van der Waals surface area contributed by atoms with E-state index in [2.05, 4.69) is 5.10 Å². The van der Waals surface area contributed by atoms with Crippen LogP contribution in [-0.4, -0.2) is 37.1 Å². The van der Waals surface area contributed by atoms with E-state index in [1.807, 2.05) is 37.3 Å². The van der Waals surface area contributed by atoms with Crippen LogP contribution in [-0.2, 0) is 11.3 Å². The first-order valence-corrected chi connectivity index (χ1v) is 9.15. The van der Waals surface area contributed by atoms with Crippen molar-refractivity contribution in [2.24, 2.45) is 0 Å². The van der Waals surface area contributed by atoms with Crippen LogP contribution in [0.1, 0.15) is 21.6 Å². The molecule has 0 unspecified atom stereocenters. The van der Waals surface area contributed by atoms with Gasteiger partial charge in [-0.3, -0.25) is 0 Å². The Morgan fingerprint density at radius 3 is 2.31 bits per heavy atom. The zero-order valence-corrected chi connectivity index (χ0v) is 17.3. The van der Waals surface area contributed by atoms with Gasteiger partial charge in [-0.15, -0.1) is 0 Å². The number of hydrogen-bond donors (Lipinski definition) is 0. The number of carbonyl (C=O) groups excluding carboxylic acids is 1. The molecule has 3 rings (SSSR count). The molecular formula is C21H21ClN2O5. The van der Waals surface area contributed by atoms with Crippen molar-refractivity contribution in [2.75, 3.05) is 21.3 Å². The number of benzene rings is 2. The Hall–Kier alpha value is -3.19. The quantitative estimate of drug-likeness (QED) is 0.537. The van der Waals surface area contributed by atoms with E-state index in [1.165, 1.54) is 21.3 Å². The van der Waals surface area contributed by atoms with Crippen molar-refractivity contribution in [3.05, 3.63) is 64.4 Å². The normalized spacial score (nSPS) is 10.5. The average molecular weight is 417 g/mol. The summed E-state index contributed by atoms with van der Waals surface area (Å²) in [6.07, 6.45) is 0. The first kappa shape index (κ1) is 20.5. The van der Waals surface area contributed by atoms with E-state index in [1.54, 1.807) is 16.8 Å². The molecule has 0 radical (unpaired) electrons. The summed E-state index contributed by atoms with van der Waals surface area (Å²) < 4.78 is 23.0. The summed E-state index contributed by atoms with van der Waals surface area (Å²) in [5, 5.41) is 4.84. The zero-order valence-electron chi connectivity index (χ0n) is 16.6. The molecule has 0 atom stereocenters. The molecule has 1 heterocycles. The van der Waals surface area contributed by atoms with E-state index in [0.29, 0.717) is 27.9 Å². The van der Waals surface area contributed by atoms with Crippen LogP contribution in [0.2, 0.25) is 5.15 Å². The second kappa shape index (κ2) is 8.87. The predicted octanol–water partition coefficient (Wildman–Crippen LogP) is 4.22. The number of rotatable bonds is 7. The lowest BCUT2D eigenvalue weighted by molar-refractivity contribution is 0.0468. The van der Waals surface area contributed by atoms with Gasteiger partial charge in [0.05, 0.1) is 32.7 Å².